The lowest BCUT2D eigenvalue weighted by molar-refractivity contribution is 0.154. The van der Waals surface area contributed by atoms with Crippen LogP contribution in [0.3, 0.4) is 0 Å². The Balaban J connectivity index is 2.82. The molecule has 1 rings (SSSR count). The minimum Gasteiger partial charge on any atom is -0.493 e. The largest absolute Gasteiger partial charge is 0.493 e. The Morgan fingerprint density at radius 2 is 2.18 bits per heavy atom. The van der Waals surface area contributed by atoms with Crippen LogP contribution in [0.15, 0.2) is 16.6 Å². The van der Waals surface area contributed by atoms with Gasteiger partial charge in [0.2, 0.25) is 0 Å². The van der Waals surface area contributed by atoms with E-state index in [0.29, 0.717) is 31.1 Å². The number of nitrogens with two attached hydrogens (primary N) is 1. The molecular weight excluding hydrogens is 286 g/mol. The van der Waals surface area contributed by atoms with Gasteiger partial charge in [0.05, 0.1) is 24.3 Å². The molecular formula is C12H18BrNO3. The summed E-state index contributed by atoms with van der Waals surface area (Å²) < 4.78 is 11.7. The maximum absolute atomic E-state index is 9.17. The molecule has 1 atom stereocenters. The Labute approximate surface area is 110 Å². The molecule has 5 heteroatoms. The molecule has 0 saturated heterocycles. The second-order valence-corrected chi connectivity index (χ2v) is 4.65. The number of methoxy groups -OCH3 is 1. The molecule has 0 spiro atoms. The minimum atomic E-state index is -0.372. The molecule has 3 N–H and O–H groups in total. The molecule has 1 aromatic carbocycles. The van der Waals surface area contributed by atoms with Crippen molar-refractivity contribution in [2.45, 2.75) is 26.0 Å². The Morgan fingerprint density at radius 1 is 1.47 bits per heavy atom. The summed E-state index contributed by atoms with van der Waals surface area (Å²) in [5.41, 5.74) is 6.55. The standard InChI is InChI=1S/C12H18BrNO3/c1-8(15)3-4-17-12-10(13)5-9(7-14)6-11(12)16-2/h5-6,8,15H,3-4,7,14H2,1-2H3. The third-order valence-electron chi connectivity index (χ3n) is 2.31. The molecule has 0 amide bonds. The van der Waals surface area contributed by atoms with Crippen LogP contribution in [-0.4, -0.2) is 24.9 Å². The van der Waals surface area contributed by atoms with Crippen LogP contribution in [0.5, 0.6) is 11.5 Å². The molecule has 1 unspecified atom stereocenters. The number of benzene rings is 1. The fourth-order valence-corrected chi connectivity index (χ4v) is 1.97. The molecule has 0 saturated carbocycles. The van der Waals surface area contributed by atoms with Crippen molar-refractivity contribution in [3.63, 3.8) is 0 Å². The highest BCUT2D eigenvalue weighted by molar-refractivity contribution is 9.10. The average Bonchev–Trinajstić information content (AvgIpc) is 2.30. The first kappa shape index (κ1) is 14.3. The third-order valence-corrected chi connectivity index (χ3v) is 2.90. The summed E-state index contributed by atoms with van der Waals surface area (Å²) in [4.78, 5) is 0. The van der Waals surface area contributed by atoms with Crippen molar-refractivity contribution in [2.24, 2.45) is 5.73 Å². The SMILES string of the molecule is COc1cc(CN)cc(Br)c1OCCC(C)O. The van der Waals surface area contributed by atoms with E-state index in [9.17, 15) is 0 Å². The number of aliphatic hydroxyl groups is 1. The van der Waals surface area contributed by atoms with Gasteiger partial charge in [-0.3, -0.25) is 0 Å². The van der Waals surface area contributed by atoms with Crippen LogP contribution < -0.4 is 15.2 Å². The summed E-state index contributed by atoms with van der Waals surface area (Å²) in [6.07, 6.45) is 0.205. The van der Waals surface area contributed by atoms with Crippen molar-refractivity contribution < 1.29 is 14.6 Å². The van der Waals surface area contributed by atoms with E-state index in [1.165, 1.54) is 0 Å². The molecule has 4 nitrogen and oxygen atoms in total. The number of aliphatic hydroxyl groups excluding tert-OH is 1. The number of halogens is 1. The van der Waals surface area contributed by atoms with Crippen LogP contribution in [0.25, 0.3) is 0 Å². The Bertz CT molecular complexity index is 369. The normalized spacial score (nSPS) is 12.3. The van der Waals surface area contributed by atoms with Gasteiger partial charge in [-0.2, -0.15) is 0 Å². The van der Waals surface area contributed by atoms with Gasteiger partial charge in [-0.05, 0) is 40.5 Å². The number of rotatable bonds is 6. The van der Waals surface area contributed by atoms with Gasteiger partial charge in [-0.15, -0.1) is 0 Å². The van der Waals surface area contributed by atoms with Gasteiger partial charge in [-0.1, -0.05) is 0 Å². The summed E-state index contributed by atoms with van der Waals surface area (Å²) >= 11 is 3.42. The van der Waals surface area contributed by atoms with Gasteiger partial charge < -0.3 is 20.3 Å². The van der Waals surface area contributed by atoms with Crippen LogP contribution in [0.1, 0.15) is 18.9 Å². The molecule has 0 aliphatic heterocycles. The van der Waals surface area contributed by atoms with E-state index in [1.54, 1.807) is 14.0 Å². The van der Waals surface area contributed by atoms with E-state index in [1.807, 2.05) is 12.1 Å². The predicted octanol–water partition coefficient (Wildman–Crippen LogP) is 2.07. The minimum absolute atomic E-state index is 0.372. The number of hydrogen-bond donors (Lipinski definition) is 2. The second-order valence-electron chi connectivity index (χ2n) is 3.80. The lowest BCUT2D eigenvalue weighted by Gasteiger charge is -2.14. The highest BCUT2D eigenvalue weighted by atomic mass is 79.9. The first-order chi connectivity index (χ1) is 8.08. The Kier molecular flexibility index (Phi) is 5.74. The van der Waals surface area contributed by atoms with Gasteiger partial charge >= 0.3 is 0 Å². The van der Waals surface area contributed by atoms with Gasteiger partial charge in [-0.25, -0.2) is 0 Å². The molecule has 0 aliphatic rings. The van der Waals surface area contributed by atoms with Crippen molar-refractivity contribution in [2.75, 3.05) is 13.7 Å². The van der Waals surface area contributed by atoms with Gasteiger partial charge in [0.15, 0.2) is 11.5 Å². The molecule has 1 aromatic rings. The van der Waals surface area contributed by atoms with Crippen molar-refractivity contribution in [3.8, 4) is 11.5 Å². The van der Waals surface area contributed by atoms with Crippen LogP contribution in [0, 0.1) is 0 Å². The highest BCUT2D eigenvalue weighted by Gasteiger charge is 2.11. The lowest BCUT2D eigenvalue weighted by atomic mass is 10.2. The van der Waals surface area contributed by atoms with E-state index in [0.717, 1.165) is 10.0 Å². The van der Waals surface area contributed by atoms with E-state index >= 15 is 0 Å². The van der Waals surface area contributed by atoms with Crippen molar-refractivity contribution >= 4 is 15.9 Å². The maximum Gasteiger partial charge on any atom is 0.175 e. The quantitative estimate of drug-likeness (QED) is 0.844. The molecule has 96 valence electrons. The summed E-state index contributed by atoms with van der Waals surface area (Å²) in [6.45, 7) is 2.62. The van der Waals surface area contributed by atoms with Gasteiger partial charge in [0, 0.05) is 13.0 Å². The monoisotopic (exact) mass is 303 g/mol. The molecule has 0 fully saturated rings. The smallest absolute Gasteiger partial charge is 0.175 e. The van der Waals surface area contributed by atoms with Gasteiger partial charge in [0.25, 0.3) is 0 Å². The molecule has 0 aromatic heterocycles. The summed E-state index contributed by atoms with van der Waals surface area (Å²) in [7, 11) is 1.59. The summed E-state index contributed by atoms with van der Waals surface area (Å²) in [5.74, 6) is 1.29. The maximum atomic E-state index is 9.17. The number of hydrogen-bond acceptors (Lipinski definition) is 4. The molecule has 17 heavy (non-hydrogen) atoms. The summed E-state index contributed by atoms with van der Waals surface area (Å²) in [6, 6.07) is 3.75. The molecule has 0 aliphatic carbocycles. The predicted molar refractivity (Wildman–Crippen MR) is 70.4 cm³/mol. The van der Waals surface area contributed by atoms with E-state index in [-0.39, 0.29) is 6.10 Å². The first-order valence-corrected chi connectivity index (χ1v) is 6.25. The van der Waals surface area contributed by atoms with E-state index in [2.05, 4.69) is 15.9 Å². The third kappa shape index (κ3) is 4.18. The van der Waals surface area contributed by atoms with Crippen LogP contribution in [0.4, 0.5) is 0 Å². The van der Waals surface area contributed by atoms with E-state index < -0.39 is 0 Å². The number of ether oxygens (including phenoxy) is 2. The summed E-state index contributed by atoms with van der Waals surface area (Å²) in [5, 5.41) is 9.17. The molecule has 0 heterocycles. The Hall–Kier alpha value is -0.780. The second kappa shape index (κ2) is 6.83. The van der Waals surface area contributed by atoms with Crippen molar-refractivity contribution in [3.05, 3.63) is 22.2 Å². The van der Waals surface area contributed by atoms with Gasteiger partial charge in [0.1, 0.15) is 0 Å². The fraction of sp³-hybridized carbons (Fsp3) is 0.500. The van der Waals surface area contributed by atoms with Crippen molar-refractivity contribution in [1.29, 1.82) is 0 Å². The molecule has 0 radical (unpaired) electrons. The van der Waals surface area contributed by atoms with Crippen LogP contribution in [-0.2, 0) is 6.54 Å². The van der Waals surface area contributed by atoms with Crippen LogP contribution >= 0.6 is 15.9 Å². The first-order valence-electron chi connectivity index (χ1n) is 5.45. The Morgan fingerprint density at radius 3 is 2.71 bits per heavy atom. The zero-order valence-electron chi connectivity index (χ0n) is 10.1. The van der Waals surface area contributed by atoms with Crippen LogP contribution in [0.2, 0.25) is 0 Å². The zero-order valence-corrected chi connectivity index (χ0v) is 11.7. The fourth-order valence-electron chi connectivity index (χ4n) is 1.36. The topological polar surface area (TPSA) is 64.7 Å². The molecule has 0 bridgehead atoms. The zero-order chi connectivity index (χ0) is 12.8. The van der Waals surface area contributed by atoms with Crippen molar-refractivity contribution in [1.82, 2.24) is 0 Å². The lowest BCUT2D eigenvalue weighted by Crippen LogP contribution is -2.08. The average molecular weight is 304 g/mol. The highest BCUT2D eigenvalue weighted by Crippen LogP contribution is 2.36. The van der Waals surface area contributed by atoms with E-state index in [4.69, 9.17) is 20.3 Å².